The highest BCUT2D eigenvalue weighted by Gasteiger charge is 2.43. The summed E-state index contributed by atoms with van der Waals surface area (Å²) in [6, 6.07) is 9.83. The first kappa shape index (κ1) is 13.2. The number of rotatable bonds is 3. The standard InChI is InChI=1S/C17H24N2S/c1-2-16-15-8-18-7-12(15)9-19(16)10-13-11-20-17-6-4-3-5-14(13)17/h3-6,12-13,15-16,18H,2,7-11H2,1H3. The zero-order chi connectivity index (χ0) is 13.5. The molecule has 2 nitrogen and oxygen atoms in total. The maximum atomic E-state index is 3.59. The number of hydrogen-bond donors (Lipinski definition) is 1. The van der Waals surface area contributed by atoms with Gasteiger partial charge < -0.3 is 5.32 Å². The van der Waals surface area contributed by atoms with Gasteiger partial charge in [0.2, 0.25) is 0 Å². The van der Waals surface area contributed by atoms with Crippen LogP contribution >= 0.6 is 11.8 Å². The van der Waals surface area contributed by atoms with Gasteiger partial charge in [-0.1, -0.05) is 25.1 Å². The average Bonchev–Trinajstić information content (AvgIpc) is 3.14. The Labute approximate surface area is 126 Å². The molecule has 0 aromatic heterocycles. The van der Waals surface area contributed by atoms with E-state index in [2.05, 4.69) is 53.2 Å². The van der Waals surface area contributed by atoms with Crippen LogP contribution in [-0.2, 0) is 0 Å². The molecular weight excluding hydrogens is 264 g/mol. The third-order valence-corrected chi connectivity index (χ3v) is 6.75. The minimum Gasteiger partial charge on any atom is -0.316 e. The van der Waals surface area contributed by atoms with E-state index in [0.29, 0.717) is 0 Å². The van der Waals surface area contributed by atoms with Crippen molar-refractivity contribution in [2.75, 3.05) is 31.9 Å². The molecule has 4 atom stereocenters. The summed E-state index contributed by atoms with van der Waals surface area (Å²) < 4.78 is 0. The van der Waals surface area contributed by atoms with Gasteiger partial charge in [0, 0.05) is 35.7 Å². The van der Waals surface area contributed by atoms with Gasteiger partial charge in [-0.05, 0) is 43.0 Å². The van der Waals surface area contributed by atoms with Gasteiger partial charge in [0.25, 0.3) is 0 Å². The van der Waals surface area contributed by atoms with Crippen LogP contribution in [0.5, 0.6) is 0 Å². The molecule has 20 heavy (non-hydrogen) atoms. The molecule has 3 aliphatic rings. The van der Waals surface area contributed by atoms with Crippen LogP contribution in [0.15, 0.2) is 29.2 Å². The monoisotopic (exact) mass is 288 g/mol. The largest absolute Gasteiger partial charge is 0.316 e. The van der Waals surface area contributed by atoms with Gasteiger partial charge in [-0.2, -0.15) is 0 Å². The second-order valence-electron chi connectivity index (χ2n) is 6.56. The molecule has 0 amide bonds. The number of hydrogen-bond acceptors (Lipinski definition) is 3. The molecule has 2 fully saturated rings. The summed E-state index contributed by atoms with van der Waals surface area (Å²) in [5.74, 6) is 3.84. The normalized spacial score (nSPS) is 36.2. The molecule has 1 N–H and O–H groups in total. The number of fused-ring (bicyclic) bond motifs is 2. The lowest BCUT2D eigenvalue weighted by molar-refractivity contribution is 0.210. The lowest BCUT2D eigenvalue weighted by atomic mass is 9.92. The molecule has 0 saturated carbocycles. The Morgan fingerprint density at radius 3 is 3.10 bits per heavy atom. The average molecular weight is 288 g/mol. The molecule has 3 aliphatic heterocycles. The molecule has 0 radical (unpaired) electrons. The molecule has 4 unspecified atom stereocenters. The minimum absolute atomic E-state index is 0.747. The maximum Gasteiger partial charge on any atom is 0.0137 e. The predicted octanol–water partition coefficient (Wildman–Crippen LogP) is 2.81. The smallest absolute Gasteiger partial charge is 0.0137 e. The van der Waals surface area contributed by atoms with Crippen molar-refractivity contribution in [1.29, 1.82) is 0 Å². The Bertz CT molecular complexity index is 490. The number of nitrogens with one attached hydrogen (secondary N) is 1. The van der Waals surface area contributed by atoms with Gasteiger partial charge in [-0.15, -0.1) is 11.8 Å². The summed E-state index contributed by atoms with van der Waals surface area (Å²) in [4.78, 5) is 4.33. The van der Waals surface area contributed by atoms with Gasteiger partial charge in [0.05, 0.1) is 0 Å². The highest BCUT2D eigenvalue weighted by Crippen LogP contribution is 2.42. The highest BCUT2D eigenvalue weighted by molar-refractivity contribution is 7.99. The second kappa shape index (κ2) is 5.36. The van der Waals surface area contributed by atoms with Gasteiger partial charge in [-0.25, -0.2) is 0 Å². The van der Waals surface area contributed by atoms with E-state index in [1.165, 1.54) is 43.2 Å². The summed E-state index contributed by atoms with van der Waals surface area (Å²) >= 11 is 2.05. The lowest BCUT2D eigenvalue weighted by Gasteiger charge is -2.29. The number of benzene rings is 1. The molecule has 0 spiro atoms. The molecule has 4 rings (SSSR count). The predicted molar refractivity (Wildman–Crippen MR) is 85.4 cm³/mol. The Hall–Kier alpha value is -0.510. The van der Waals surface area contributed by atoms with E-state index in [0.717, 1.165) is 23.8 Å². The van der Waals surface area contributed by atoms with Crippen LogP contribution in [0, 0.1) is 11.8 Å². The third kappa shape index (κ3) is 2.11. The van der Waals surface area contributed by atoms with Gasteiger partial charge in [-0.3, -0.25) is 4.90 Å². The third-order valence-electron chi connectivity index (χ3n) is 5.50. The summed E-state index contributed by atoms with van der Waals surface area (Å²) in [5, 5.41) is 3.59. The number of likely N-dealkylation sites (tertiary alicyclic amines) is 1. The van der Waals surface area contributed by atoms with Crippen molar-refractivity contribution < 1.29 is 0 Å². The van der Waals surface area contributed by atoms with Crippen LogP contribution in [0.2, 0.25) is 0 Å². The van der Waals surface area contributed by atoms with E-state index in [-0.39, 0.29) is 0 Å². The van der Waals surface area contributed by atoms with Gasteiger partial charge >= 0.3 is 0 Å². The van der Waals surface area contributed by atoms with Crippen molar-refractivity contribution in [2.45, 2.75) is 30.2 Å². The van der Waals surface area contributed by atoms with Crippen LogP contribution in [0.1, 0.15) is 24.8 Å². The highest BCUT2D eigenvalue weighted by atomic mass is 32.2. The summed E-state index contributed by atoms with van der Waals surface area (Å²) in [6.45, 7) is 7.45. The summed E-state index contributed by atoms with van der Waals surface area (Å²) in [5.41, 5.74) is 1.60. The van der Waals surface area contributed by atoms with E-state index in [4.69, 9.17) is 0 Å². The van der Waals surface area contributed by atoms with Crippen molar-refractivity contribution in [3.63, 3.8) is 0 Å². The fourth-order valence-electron chi connectivity index (χ4n) is 4.55. The number of thioether (sulfide) groups is 1. The molecule has 3 heteroatoms. The molecule has 1 aromatic rings. The topological polar surface area (TPSA) is 15.3 Å². The quantitative estimate of drug-likeness (QED) is 0.921. The van der Waals surface area contributed by atoms with E-state index in [9.17, 15) is 0 Å². The SMILES string of the molecule is CCC1C2CNCC2CN1CC1CSc2ccccc21. The van der Waals surface area contributed by atoms with Crippen molar-refractivity contribution in [3.8, 4) is 0 Å². The fourth-order valence-corrected chi connectivity index (χ4v) is 5.79. The van der Waals surface area contributed by atoms with Crippen molar-refractivity contribution in [3.05, 3.63) is 29.8 Å². The maximum absolute atomic E-state index is 3.59. The van der Waals surface area contributed by atoms with Gasteiger partial charge in [0.1, 0.15) is 0 Å². The van der Waals surface area contributed by atoms with E-state index < -0.39 is 0 Å². The lowest BCUT2D eigenvalue weighted by Crippen LogP contribution is -2.37. The first-order valence-corrected chi connectivity index (χ1v) is 9.02. The van der Waals surface area contributed by atoms with E-state index in [1.807, 2.05) is 0 Å². The fraction of sp³-hybridized carbons (Fsp3) is 0.647. The van der Waals surface area contributed by atoms with Crippen LogP contribution in [-0.4, -0.2) is 42.9 Å². The Balaban J connectivity index is 1.50. The Morgan fingerprint density at radius 2 is 2.20 bits per heavy atom. The van der Waals surface area contributed by atoms with Crippen LogP contribution < -0.4 is 5.32 Å². The van der Waals surface area contributed by atoms with Crippen LogP contribution in [0.25, 0.3) is 0 Å². The second-order valence-corrected chi connectivity index (χ2v) is 7.62. The summed E-state index contributed by atoms with van der Waals surface area (Å²) in [7, 11) is 0. The van der Waals surface area contributed by atoms with Crippen molar-refractivity contribution >= 4 is 11.8 Å². The molecule has 0 bridgehead atoms. The first-order chi connectivity index (χ1) is 9.86. The molecule has 108 valence electrons. The van der Waals surface area contributed by atoms with E-state index in [1.54, 1.807) is 5.56 Å². The molecule has 0 aliphatic carbocycles. The molecular formula is C17H24N2S. The van der Waals surface area contributed by atoms with Crippen molar-refractivity contribution in [1.82, 2.24) is 10.2 Å². The van der Waals surface area contributed by atoms with Crippen LogP contribution in [0.3, 0.4) is 0 Å². The molecule has 1 aromatic carbocycles. The Morgan fingerprint density at radius 1 is 1.30 bits per heavy atom. The molecule has 2 saturated heterocycles. The van der Waals surface area contributed by atoms with Crippen LogP contribution in [0.4, 0.5) is 0 Å². The zero-order valence-corrected chi connectivity index (χ0v) is 13.0. The summed E-state index contributed by atoms with van der Waals surface area (Å²) in [6.07, 6.45) is 1.31. The first-order valence-electron chi connectivity index (χ1n) is 8.03. The van der Waals surface area contributed by atoms with E-state index >= 15 is 0 Å². The van der Waals surface area contributed by atoms with Gasteiger partial charge in [0.15, 0.2) is 0 Å². The Kier molecular flexibility index (Phi) is 3.53. The number of nitrogens with zero attached hydrogens (tertiary/aromatic N) is 1. The minimum atomic E-state index is 0.747. The van der Waals surface area contributed by atoms with Crippen molar-refractivity contribution in [2.24, 2.45) is 11.8 Å². The molecule has 3 heterocycles. The zero-order valence-electron chi connectivity index (χ0n) is 12.2.